The van der Waals surface area contributed by atoms with Gasteiger partial charge in [-0.05, 0) is 0 Å². The number of alkyl halides is 17. The summed E-state index contributed by atoms with van der Waals surface area (Å²) in [6.45, 7) is 0. The molecule has 0 aromatic carbocycles. The highest BCUT2D eigenvalue weighted by Gasteiger charge is 2.97. The summed E-state index contributed by atoms with van der Waals surface area (Å²) in [5.74, 6) is -52.3. The summed E-state index contributed by atoms with van der Waals surface area (Å²) in [4.78, 5) is 7.50. The van der Waals surface area contributed by atoms with Crippen LogP contribution in [0.5, 0.6) is 0 Å². The van der Waals surface area contributed by atoms with E-state index in [0.717, 1.165) is 0 Å². The zero-order chi connectivity index (χ0) is 24.5. The molecule has 29 heavy (non-hydrogen) atoms. The highest BCUT2D eigenvalue weighted by atomic mass is 28.4. The first-order chi connectivity index (χ1) is 12.0. The van der Waals surface area contributed by atoms with Crippen LogP contribution in [0.3, 0.4) is 0 Å². The fraction of sp³-hybridized carbons (Fsp3) is 1.00. The van der Waals surface area contributed by atoms with Crippen molar-refractivity contribution in [3.8, 4) is 0 Å². The van der Waals surface area contributed by atoms with Crippen molar-refractivity contribution >= 4 is 8.99 Å². The van der Waals surface area contributed by atoms with Crippen molar-refractivity contribution in [2.45, 2.75) is 47.3 Å². The van der Waals surface area contributed by atoms with Gasteiger partial charge in [0.05, 0.1) is 0 Å². The maximum Gasteiger partial charge on any atom is 0.655 e. The molecule has 0 aliphatic rings. The van der Waals surface area contributed by atoms with Gasteiger partial charge in [-0.15, -0.1) is 0 Å². The van der Waals surface area contributed by atoms with Gasteiger partial charge in [0, 0.05) is 0 Å². The summed E-state index contributed by atoms with van der Waals surface area (Å²) >= 11 is 0. The Morgan fingerprint density at radius 2 is 0.586 bits per heavy atom. The molecule has 0 aliphatic carbocycles. The molecule has 0 bridgehead atoms. The van der Waals surface area contributed by atoms with Crippen LogP contribution in [0, 0.1) is 0 Å². The molecule has 0 aromatic heterocycles. The van der Waals surface area contributed by atoms with Crippen molar-refractivity contribution in [3.05, 3.63) is 0 Å². The second-order valence-electron chi connectivity index (χ2n) is 5.06. The maximum absolute atomic E-state index is 13.0. The monoisotopic (exact) mass is 502 g/mol. The van der Waals surface area contributed by atoms with Crippen LogP contribution >= 0.6 is 0 Å². The SMILES string of the molecule is O[Si](F)(F)C(F)(F)C(F)(F)C(F)(F)C(F)(F)C(F)(F)C(F)(F)C(F)(F)C(F)(F)F. The van der Waals surface area contributed by atoms with Crippen molar-refractivity contribution < 1.29 is 87.6 Å². The van der Waals surface area contributed by atoms with E-state index in [1.165, 1.54) is 0 Å². The van der Waals surface area contributed by atoms with Gasteiger partial charge >= 0.3 is 56.2 Å². The quantitative estimate of drug-likeness (QED) is 0.281. The third kappa shape index (κ3) is 3.30. The predicted molar refractivity (Wildman–Crippen MR) is 50.9 cm³/mol. The predicted octanol–water partition coefficient (Wildman–Crippen LogP) is 5.41. The molecule has 0 aromatic rings. The zero-order valence-electron chi connectivity index (χ0n) is 12.1. The standard InChI is InChI=1S/C8HF19OSi/c9-1(10,3(13,14)5(17,18)7(21,22)23)2(11,12)4(15,16)6(19,20)8(24,25)29(26,27)28/h28H. The Morgan fingerprint density at radius 1 is 0.379 bits per heavy atom. The minimum Gasteiger partial charge on any atom is -0.380 e. The molecule has 1 N–H and O–H groups in total. The van der Waals surface area contributed by atoms with Crippen LogP contribution in [0.15, 0.2) is 0 Å². The normalized spacial score (nSPS) is 17.0. The highest BCUT2D eigenvalue weighted by molar-refractivity contribution is 6.61. The summed E-state index contributed by atoms with van der Waals surface area (Å²) in [6, 6.07) is 0. The van der Waals surface area contributed by atoms with E-state index in [4.69, 9.17) is 4.80 Å². The number of hydrogen-bond donors (Lipinski definition) is 1. The molecule has 1 nitrogen and oxygen atoms in total. The van der Waals surface area contributed by atoms with Crippen molar-refractivity contribution in [3.63, 3.8) is 0 Å². The lowest BCUT2D eigenvalue weighted by atomic mass is 9.91. The molecule has 21 heteroatoms. The van der Waals surface area contributed by atoms with Gasteiger partial charge in [0.1, 0.15) is 0 Å². The number of rotatable bonds is 7. The average molecular weight is 502 g/mol. The Balaban J connectivity index is 6.82. The van der Waals surface area contributed by atoms with Gasteiger partial charge in [-0.25, -0.2) is 8.22 Å². The fourth-order valence-electron chi connectivity index (χ4n) is 1.35. The molecule has 0 spiro atoms. The van der Waals surface area contributed by atoms with Crippen LogP contribution in [0.4, 0.5) is 82.9 Å². The van der Waals surface area contributed by atoms with Crippen LogP contribution in [-0.4, -0.2) is 61.0 Å². The highest BCUT2D eigenvalue weighted by Crippen LogP contribution is 2.64. The second kappa shape index (κ2) is 6.42. The van der Waals surface area contributed by atoms with E-state index in [1.54, 1.807) is 0 Å². The summed E-state index contributed by atoms with van der Waals surface area (Å²) in [6.07, 6.45) is -7.90. The van der Waals surface area contributed by atoms with Crippen LogP contribution in [-0.2, 0) is 0 Å². The molecule has 0 amide bonds. The smallest absolute Gasteiger partial charge is 0.380 e. The van der Waals surface area contributed by atoms with Gasteiger partial charge in [-0.2, -0.15) is 74.6 Å². The molecule has 176 valence electrons. The third-order valence-electron chi connectivity index (χ3n) is 3.10. The Kier molecular flexibility index (Phi) is 6.17. The lowest BCUT2D eigenvalue weighted by Gasteiger charge is -2.42. The van der Waals surface area contributed by atoms with E-state index in [0.29, 0.717) is 0 Å². The number of halogens is 19. The Hall–Kier alpha value is -1.15. The van der Waals surface area contributed by atoms with Gasteiger partial charge < -0.3 is 4.80 Å². The fourth-order valence-corrected chi connectivity index (χ4v) is 1.89. The van der Waals surface area contributed by atoms with Crippen molar-refractivity contribution in [1.82, 2.24) is 0 Å². The Labute approximate surface area is 145 Å². The minimum atomic E-state index is -9.04. The van der Waals surface area contributed by atoms with Gasteiger partial charge in [0.25, 0.3) is 0 Å². The van der Waals surface area contributed by atoms with Crippen LogP contribution in [0.25, 0.3) is 0 Å². The minimum absolute atomic E-state index is 7.50. The Morgan fingerprint density at radius 3 is 0.793 bits per heavy atom. The molecular formula is C8HF19OSi. The van der Waals surface area contributed by atoms with E-state index in [1.807, 2.05) is 0 Å². The van der Waals surface area contributed by atoms with Gasteiger partial charge in [0.2, 0.25) is 0 Å². The van der Waals surface area contributed by atoms with E-state index < -0.39 is 56.2 Å². The molecule has 0 rings (SSSR count). The second-order valence-corrected chi connectivity index (χ2v) is 6.77. The van der Waals surface area contributed by atoms with E-state index in [-0.39, 0.29) is 0 Å². The summed E-state index contributed by atoms with van der Waals surface area (Å²) in [5.41, 5.74) is -8.01. The lowest BCUT2D eigenvalue weighted by molar-refractivity contribution is -0.459. The van der Waals surface area contributed by atoms with E-state index in [2.05, 4.69) is 0 Å². The van der Waals surface area contributed by atoms with Gasteiger partial charge in [-0.1, -0.05) is 0 Å². The Bertz CT molecular complexity index is 559. The first-order valence-electron chi connectivity index (χ1n) is 5.81. The third-order valence-corrected chi connectivity index (χ3v) is 4.17. The van der Waals surface area contributed by atoms with Crippen molar-refractivity contribution in [2.24, 2.45) is 0 Å². The zero-order valence-corrected chi connectivity index (χ0v) is 13.1. The largest absolute Gasteiger partial charge is 0.655 e. The van der Waals surface area contributed by atoms with Crippen molar-refractivity contribution in [1.29, 1.82) is 0 Å². The molecule has 0 atom stereocenters. The lowest BCUT2D eigenvalue weighted by Crippen LogP contribution is -2.76. The molecule has 0 aliphatic heterocycles. The molecular weight excluding hydrogens is 501 g/mol. The van der Waals surface area contributed by atoms with Gasteiger partial charge in [0.15, 0.2) is 0 Å². The molecule has 0 radical (unpaired) electrons. The van der Waals surface area contributed by atoms with Crippen LogP contribution in [0.1, 0.15) is 0 Å². The van der Waals surface area contributed by atoms with Crippen molar-refractivity contribution in [2.75, 3.05) is 0 Å². The van der Waals surface area contributed by atoms with Crippen LogP contribution in [0.2, 0.25) is 0 Å². The first-order valence-corrected chi connectivity index (χ1v) is 7.52. The maximum atomic E-state index is 13.0. The molecule has 0 fully saturated rings. The van der Waals surface area contributed by atoms with E-state index in [9.17, 15) is 82.9 Å². The summed E-state index contributed by atoms with van der Waals surface area (Å²) in [7, 11) is -9.04. The average Bonchev–Trinajstić information content (AvgIpc) is 2.43. The van der Waals surface area contributed by atoms with E-state index >= 15 is 0 Å². The number of hydrogen-bond acceptors (Lipinski definition) is 1. The topological polar surface area (TPSA) is 20.2 Å². The molecule has 0 heterocycles. The molecule has 0 saturated heterocycles. The molecule has 0 saturated carbocycles. The van der Waals surface area contributed by atoms with Gasteiger partial charge in [-0.3, -0.25) is 0 Å². The van der Waals surface area contributed by atoms with Crippen LogP contribution < -0.4 is 0 Å². The summed E-state index contributed by atoms with van der Waals surface area (Å²) < 4.78 is 238. The molecule has 0 unspecified atom stereocenters. The first kappa shape index (κ1) is 27.8. The summed E-state index contributed by atoms with van der Waals surface area (Å²) in [5, 5.41) is 0.